The first-order chi connectivity index (χ1) is 10.5. The van der Waals surface area contributed by atoms with Gasteiger partial charge in [0.1, 0.15) is 6.23 Å². The van der Waals surface area contributed by atoms with E-state index in [4.69, 9.17) is 21.7 Å². The number of nitrogens with one attached hydrogen (secondary N) is 2. The molecule has 4 saturated carbocycles. The molecular formula is C17H28N2O2S. The third-order valence-electron chi connectivity index (χ3n) is 6.03. The van der Waals surface area contributed by atoms with E-state index in [0.717, 1.165) is 29.3 Å². The van der Waals surface area contributed by atoms with E-state index in [1.807, 2.05) is 6.92 Å². The Morgan fingerprint density at radius 3 is 2.09 bits per heavy atom. The lowest BCUT2D eigenvalue weighted by molar-refractivity contribution is -0.232. The standard InChI is InChI=1S/C17H28N2O2S/c1-10-3-15(21-11(2)20-10)18-16(22)19-17-7-12-4-13(8-17)6-14(5-12)9-17/h10-15H,3-9H2,1-2H3,(H2,18,19,22)/t10-,11-,12?,13?,14?,15+,17?/m0/s1. The van der Waals surface area contributed by atoms with Crippen molar-refractivity contribution in [1.82, 2.24) is 10.6 Å². The van der Waals surface area contributed by atoms with Crippen LogP contribution in [0.25, 0.3) is 0 Å². The van der Waals surface area contributed by atoms with Crippen LogP contribution >= 0.6 is 12.2 Å². The van der Waals surface area contributed by atoms with Crippen LogP contribution in [0.3, 0.4) is 0 Å². The average Bonchev–Trinajstić information content (AvgIpc) is 2.33. The van der Waals surface area contributed by atoms with Gasteiger partial charge < -0.3 is 20.1 Å². The van der Waals surface area contributed by atoms with Crippen molar-refractivity contribution in [3.05, 3.63) is 0 Å². The van der Waals surface area contributed by atoms with E-state index in [2.05, 4.69) is 17.6 Å². The first-order valence-corrected chi connectivity index (χ1v) is 9.30. The zero-order valence-corrected chi connectivity index (χ0v) is 14.5. The zero-order valence-electron chi connectivity index (χ0n) is 13.6. The van der Waals surface area contributed by atoms with Gasteiger partial charge in [-0.25, -0.2) is 0 Å². The third kappa shape index (κ3) is 3.00. The summed E-state index contributed by atoms with van der Waals surface area (Å²) in [6.45, 7) is 4.03. The Kier molecular flexibility index (Phi) is 3.86. The second kappa shape index (κ2) is 5.60. The first-order valence-electron chi connectivity index (χ1n) is 8.89. The third-order valence-corrected chi connectivity index (χ3v) is 6.25. The summed E-state index contributed by atoms with van der Waals surface area (Å²) in [6, 6.07) is 0. The summed E-state index contributed by atoms with van der Waals surface area (Å²) < 4.78 is 11.4. The van der Waals surface area contributed by atoms with E-state index < -0.39 is 0 Å². The molecule has 4 bridgehead atoms. The fraction of sp³-hybridized carbons (Fsp3) is 0.941. The van der Waals surface area contributed by atoms with Gasteiger partial charge in [0.2, 0.25) is 0 Å². The largest absolute Gasteiger partial charge is 0.357 e. The number of rotatable bonds is 2. The number of ether oxygens (including phenoxy) is 2. The van der Waals surface area contributed by atoms with Crippen molar-refractivity contribution in [2.45, 2.75) is 83.0 Å². The predicted molar refractivity (Wildman–Crippen MR) is 89.3 cm³/mol. The molecule has 3 atom stereocenters. The molecule has 4 aliphatic carbocycles. The summed E-state index contributed by atoms with van der Waals surface area (Å²) in [4.78, 5) is 0. The monoisotopic (exact) mass is 324 g/mol. The van der Waals surface area contributed by atoms with Crippen molar-refractivity contribution in [3.63, 3.8) is 0 Å². The van der Waals surface area contributed by atoms with E-state index in [-0.39, 0.29) is 24.2 Å². The average molecular weight is 324 g/mol. The van der Waals surface area contributed by atoms with Gasteiger partial charge in [-0.15, -0.1) is 0 Å². The van der Waals surface area contributed by atoms with Crippen LogP contribution in [0.5, 0.6) is 0 Å². The summed E-state index contributed by atoms with van der Waals surface area (Å²) in [5.74, 6) is 2.79. The minimum atomic E-state index is -0.163. The molecule has 5 rings (SSSR count). The van der Waals surface area contributed by atoms with E-state index >= 15 is 0 Å². The number of thiocarbonyl (C=S) groups is 1. The van der Waals surface area contributed by atoms with E-state index in [1.54, 1.807) is 0 Å². The van der Waals surface area contributed by atoms with Crippen molar-refractivity contribution >= 4 is 17.3 Å². The Morgan fingerprint density at radius 1 is 0.955 bits per heavy atom. The molecule has 1 saturated heterocycles. The predicted octanol–water partition coefficient (Wildman–Crippen LogP) is 2.92. The number of hydrogen-bond donors (Lipinski definition) is 2. The van der Waals surface area contributed by atoms with Crippen molar-refractivity contribution in [3.8, 4) is 0 Å². The van der Waals surface area contributed by atoms with Crippen LogP contribution in [0.4, 0.5) is 0 Å². The lowest BCUT2D eigenvalue weighted by atomic mass is 9.53. The highest BCUT2D eigenvalue weighted by Gasteiger charge is 2.51. The normalized spacial score (nSPS) is 49.9. The highest BCUT2D eigenvalue weighted by atomic mass is 32.1. The molecule has 0 unspecified atom stereocenters. The molecule has 124 valence electrons. The zero-order chi connectivity index (χ0) is 15.3. The Labute approximate surface area is 138 Å². The maximum atomic E-state index is 5.79. The van der Waals surface area contributed by atoms with E-state index in [9.17, 15) is 0 Å². The van der Waals surface area contributed by atoms with Gasteiger partial charge in [-0.1, -0.05) is 0 Å². The second-order valence-corrected chi connectivity index (χ2v) is 8.58. The molecule has 0 aromatic carbocycles. The molecule has 0 amide bonds. The molecule has 22 heavy (non-hydrogen) atoms. The van der Waals surface area contributed by atoms with E-state index in [1.165, 1.54) is 38.5 Å². The van der Waals surface area contributed by atoms with Crippen LogP contribution in [0.1, 0.15) is 58.8 Å². The molecule has 4 nitrogen and oxygen atoms in total. The van der Waals surface area contributed by atoms with Gasteiger partial charge in [-0.2, -0.15) is 0 Å². The van der Waals surface area contributed by atoms with Crippen LogP contribution in [-0.4, -0.2) is 29.3 Å². The van der Waals surface area contributed by atoms with Crippen LogP contribution in [0.15, 0.2) is 0 Å². The highest BCUT2D eigenvalue weighted by molar-refractivity contribution is 7.80. The quantitative estimate of drug-likeness (QED) is 0.765. The summed E-state index contributed by atoms with van der Waals surface area (Å²) >= 11 is 5.60. The fourth-order valence-corrected chi connectivity index (χ4v) is 6.13. The van der Waals surface area contributed by atoms with Gasteiger partial charge in [0.05, 0.1) is 6.10 Å². The smallest absolute Gasteiger partial charge is 0.168 e. The molecule has 1 aliphatic heterocycles. The Morgan fingerprint density at radius 2 is 1.55 bits per heavy atom. The molecule has 0 aromatic heterocycles. The summed E-state index contributed by atoms with van der Waals surface area (Å²) in [6.07, 6.45) is 9.15. The minimum Gasteiger partial charge on any atom is -0.357 e. The van der Waals surface area contributed by atoms with Crippen LogP contribution < -0.4 is 10.6 Å². The van der Waals surface area contributed by atoms with Crippen LogP contribution in [0, 0.1) is 17.8 Å². The molecule has 0 spiro atoms. The van der Waals surface area contributed by atoms with Crippen LogP contribution in [0.2, 0.25) is 0 Å². The summed E-state index contributed by atoms with van der Waals surface area (Å²) in [5.41, 5.74) is 0.265. The molecule has 5 fully saturated rings. The summed E-state index contributed by atoms with van der Waals surface area (Å²) in [5, 5.41) is 7.85. The maximum absolute atomic E-state index is 5.79. The van der Waals surface area contributed by atoms with Gasteiger partial charge in [-0.3, -0.25) is 0 Å². The van der Waals surface area contributed by atoms with Crippen molar-refractivity contribution < 1.29 is 9.47 Å². The second-order valence-electron chi connectivity index (χ2n) is 8.17. The molecular weight excluding hydrogens is 296 g/mol. The minimum absolute atomic E-state index is 0.0346. The Balaban J connectivity index is 1.36. The van der Waals surface area contributed by atoms with Crippen molar-refractivity contribution in [1.29, 1.82) is 0 Å². The van der Waals surface area contributed by atoms with Gasteiger partial charge in [0.15, 0.2) is 11.4 Å². The molecule has 0 radical (unpaired) electrons. The molecule has 1 heterocycles. The molecule has 5 aliphatic rings. The van der Waals surface area contributed by atoms with Gasteiger partial charge in [0.25, 0.3) is 0 Å². The highest BCUT2D eigenvalue weighted by Crippen LogP contribution is 2.55. The topological polar surface area (TPSA) is 42.5 Å². The van der Waals surface area contributed by atoms with Gasteiger partial charge >= 0.3 is 0 Å². The van der Waals surface area contributed by atoms with Gasteiger partial charge in [-0.05, 0) is 82.3 Å². The SMILES string of the molecule is C[C@@H]1O[C@@H](NC(=S)NC23CC4CC(CC(C4)C2)C3)C[C@H](C)O1. The van der Waals surface area contributed by atoms with Gasteiger partial charge in [0, 0.05) is 12.0 Å². The maximum Gasteiger partial charge on any atom is 0.168 e. The lowest BCUT2D eigenvalue weighted by Crippen LogP contribution is -2.62. The number of hydrogen-bond acceptors (Lipinski definition) is 3. The van der Waals surface area contributed by atoms with Crippen molar-refractivity contribution in [2.24, 2.45) is 17.8 Å². The van der Waals surface area contributed by atoms with Crippen molar-refractivity contribution in [2.75, 3.05) is 0 Å². The first kappa shape index (κ1) is 15.2. The Bertz CT molecular complexity index is 411. The molecule has 5 heteroatoms. The molecule has 2 N–H and O–H groups in total. The molecule has 0 aromatic rings. The van der Waals surface area contributed by atoms with Crippen LogP contribution in [-0.2, 0) is 9.47 Å². The van der Waals surface area contributed by atoms with E-state index in [0.29, 0.717) is 0 Å². The fourth-order valence-electron chi connectivity index (χ4n) is 5.78. The summed E-state index contributed by atoms with van der Waals surface area (Å²) in [7, 11) is 0. The lowest BCUT2D eigenvalue weighted by Gasteiger charge is -2.57. The Hall–Kier alpha value is -0.390.